The summed E-state index contributed by atoms with van der Waals surface area (Å²) in [5.74, 6) is 1.07. The molecule has 0 aromatic rings. The molecule has 0 rings (SSSR count). The summed E-state index contributed by atoms with van der Waals surface area (Å²) >= 11 is 0. The molecule has 0 fully saturated rings. The van der Waals surface area contributed by atoms with Crippen LogP contribution in [0.3, 0.4) is 0 Å². The van der Waals surface area contributed by atoms with Crippen molar-refractivity contribution in [2.75, 3.05) is 93.8 Å². The van der Waals surface area contributed by atoms with E-state index in [1.165, 1.54) is 0 Å². The summed E-state index contributed by atoms with van der Waals surface area (Å²) in [6.45, 7) is 15.1. The summed E-state index contributed by atoms with van der Waals surface area (Å²) in [6, 6.07) is 2.14. The van der Waals surface area contributed by atoms with Crippen molar-refractivity contribution in [1.29, 1.82) is 0 Å². The Morgan fingerprint density at radius 1 is 0.583 bits per heavy atom. The van der Waals surface area contributed by atoms with Crippen LogP contribution in [-0.4, -0.2) is 164 Å². The van der Waals surface area contributed by atoms with Gasteiger partial charge in [-0.3, -0.25) is 0 Å². The number of aliphatic hydroxyl groups is 4. The molecule has 12 heteroatoms. The van der Waals surface area contributed by atoms with Gasteiger partial charge >= 0.3 is 0 Å². The minimum absolute atomic E-state index is 0.198. The lowest BCUT2D eigenvalue weighted by molar-refractivity contribution is -0.112. The first-order valence-electron chi connectivity index (χ1n) is 13.5. The van der Waals surface area contributed by atoms with Crippen molar-refractivity contribution >= 4 is 18.1 Å². The SMILES string of the molecule is CC(CN(C)CCN(C)CC(O)CO)C[SiH](C)OO[SiH](C)CC(C)CN(C)CCN(C)CC(O)CO. The fraction of sp³-hybridized carbons (Fsp3) is 1.00. The summed E-state index contributed by atoms with van der Waals surface area (Å²) in [7, 11) is 5.40. The average Bonchev–Trinajstić information content (AvgIpc) is 2.79. The lowest BCUT2D eigenvalue weighted by Gasteiger charge is -2.27. The van der Waals surface area contributed by atoms with E-state index in [9.17, 15) is 10.2 Å². The van der Waals surface area contributed by atoms with E-state index in [1.807, 2.05) is 23.9 Å². The van der Waals surface area contributed by atoms with Crippen molar-refractivity contribution in [3.63, 3.8) is 0 Å². The quantitative estimate of drug-likeness (QED) is 0.0738. The minimum Gasteiger partial charge on any atom is -0.394 e. The van der Waals surface area contributed by atoms with E-state index in [1.54, 1.807) is 0 Å². The summed E-state index contributed by atoms with van der Waals surface area (Å²) in [4.78, 5) is 8.72. The molecule has 0 aliphatic carbocycles. The normalized spacial score (nSPS) is 17.7. The standard InChI is InChI=1S/C24H58N4O6Si2/c1-21(13-25(3)9-11-27(5)15-23(31)17-29)19-35(7)33-34-36(8)20-22(2)14-26(4)10-12-28(6)16-24(32)18-30/h21-24,29-32,35-36H,9-20H2,1-8H3. The largest absolute Gasteiger partial charge is 0.394 e. The molecule has 0 heterocycles. The second-order valence-electron chi connectivity index (χ2n) is 11.2. The van der Waals surface area contributed by atoms with Gasteiger partial charge in [-0.1, -0.05) is 13.8 Å². The van der Waals surface area contributed by atoms with Crippen LogP contribution in [0.5, 0.6) is 0 Å². The monoisotopic (exact) mass is 554 g/mol. The predicted molar refractivity (Wildman–Crippen MR) is 152 cm³/mol. The highest BCUT2D eigenvalue weighted by atomic mass is 28.3. The van der Waals surface area contributed by atoms with Crippen LogP contribution in [0.15, 0.2) is 0 Å². The number of hydrogen-bond acceptors (Lipinski definition) is 10. The lowest BCUT2D eigenvalue weighted by atomic mass is 10.2. The smallest absolute Gasteiger partial charge is 0.219 e. The van der Waals surface area contributed by atoms with Gasteiger partial charge in [0, 0.05) is 52.4 Å². The van der Waals surface area contributed by atoms with Crippen LogP contribution >= 0.6 is 0 Å². The second-order valence-corrected chi connectivity index (χ2v) is 15.8. The number of nitrogens with zero attached hydrogens (tertiary/aromatic N) is 4. The van der Waals surface area contributed by atoms with E-state index in [-0.39, 0.29) is 13.2 Å². The Morgan fingerprint density at radius 3 is 1.14 bits per heavy atom. The third kappa shape index (κ3) is 20.1. The van der Waals surface area contributed by atoms with Crippen molar-refractivity contribution in [2.45, 2.75) is 51.2 Å². The van der Waals surface area contributed by atoms with E-state index in [4.69, 9.17) is 19.4 Å². The highest BCUT2D eigenvalue weighted by Gasteiger charge is 2.19. The number of rotatable bonds is 23. The molecule has 0 spiro atoms. The van der Waals surface area contributed by atoms with Gasteiger partial charge in [0.15, 0.2) is 0 Å². The highest BCUT2D eigenvalue weighted by molar-refractivity contribution is 6.53. The first-order valence-corrected chi connectivity index (χ1v) is 18.4. The predicted octanol–water partition coefficient (Wildman–Crippen LogP) is -0.652. The van der Waals surface area contributed by atoms with Crippen LogP contribution in [0.4, 0.5) is 0 Å². The van der Waals surface area contributed by atoms with Gasteiger partial charge in [0.2, 0.25) is 18.1 Å². The fourth-order valence-corrected chi connectivity index (χ4v) is 8.74. The summed E-state index contributed by atoms with van der Waals surface area (Å²) < 4.78 is 11.8. The molecule has 0 aliphatic heterocycles. The molecule has 218 valence electrons. The molecule has 0 aromatic carbocycles. The molecular formula is C24H58N4O6Si2. The van der Waals surface area contributed by atoms with E-state index in [0.717, 1.165) is 51.4 Å². The summed E-state index contributed by atoms with van der Waals surface area (Å²) in [5.41, 5.74) is 0. The van der Waals surface area contributed by atoms with Gasteiger partial charge in [-0.05, 0) is 65.2 Å². The Labute approximate surface area is 224 Å². The number of aliphatic hydroxyl groups excluding tert-OH is 4. The topological polar surface area (TPSA) is 112 Å². The van der Waals surface area contributed by atoms with Gasteiger partial charge in [-0.15, -0.1) is 0 Å². The molecule has 0 aromatic heterocycles. The van der Waals surface area contributed by atoms with Gasteiger partial charge in [0.1, 0.15) is 0 Å². The molecule has 6 unspecified atom stereocenters. The van der Waals surface area contributed by atoms with Gasteiger partial charge in [0.05, 0.1) is 25.4 Å². The first-order chi connectivity index (χ1) is 16.9. The molecule has 10 nitrogen and oxygen atoms in total. The molecular weight excluding hydrogens is 496 g/mol. The summed E-state index contributed by atoms with van der Waals surface area (Å²) in [6.07, 6.45) is -1.35. The van der Waals surface area contributed by atoms with Crippen LogP contribution in [-0.2, 0) is 9.15 Å². The number of hydrogen-bond donors (Lipinski definition) is 4. The highest BCUT2D eigenvalue weighted by Crippen LogP contribution is 2.13. The van der Waals surface area contributed by atoms with Crippen LogP contribution < -0.4 is 0 Å². The zero-order valence-electron chi connectivity index (χ0n) is 24.3. The lowest BCUT2D eigenvalue weighted by Crippen LogP contribution is -2.38. The van der Waals surface area contributed by atoms with E-state index < -0.39 is 30.3 Å². The van der Waals surface area contributed by atoms with Crippen LogP contribution in [0.2, 0.25) is 25.2 Å². The zero-order chi connectivity index (χ0) is 27.7. The van der Waals surface area contributed by atoms with Gasteiger partial charge < -0.3 is 49.2 Å². The molecule has 0 amide bonds. The Bertz CT molecular complexity index is 487. The van der Waals surface area contributed by atoms with Crippen molar-refractivity contribution in [1.82, 2.24) is 19.6 Å². The molecule has 36 heavy (non-hydrogen) atoms. The zero-order valence-corrected chi connectivity index (χ0v) is 26.7. The Balaban J connectivity index is 4.06. The van der Waals surface area contributed by atoms with Crippen molar-refractivity contribution < 1.29 is 29.6 Å². The average molecular weight is 555 g/mol. The molecule has 0 aliphatic rings. The Kier molecular flexibility index (Phi) is 20.9. The third-order valence-corrected chi connectivity index (χ3v) is 10.3. The Hall–Kier alpha value is 0.0338. The van der Waals surface area contributed by atoms with Gasteiger partial charge in [-0.25, -0.2) is 0 Å². The van der Waals surface area contributed by atoms with Crippen LogP contribution in [0.1, 0.15) is 13.8 Å². The molecule has 0 bridgehead atoms. The molecule has 6 atom stereocenters. The minimum atomic E-state index is -1.39. The third-order valence-electron chi connectivity index (χ3n) is 6.29. The van der Waals surface area contributed by atoms with E-state index in [2.05, 4.69) is 50.8 Å². The summed E-state index contributed by atoms with van der Waals surface area (Å²) in [5, 5.41) is 37.0. The first kappa shape index (κ1) is 36.0. The molecule has 4 N–H and O–H groups in total. The number of likely N-dealkylation sites (N-methyl/N-ethyl adjacent to an activating group) is 4. The maximum absolute atomic E-state index is 9.54. The van der Waals surface area contributed by atoms with Crippen molar-refractivity contribution in [2.24, 2.45) is 11.8 Å². The van der Waals surface area contributed by atoms with Crippen LogP contribution in [0.25, 0.3) is 0 Å². The Morgan fingerprint density at radius 2 is 0.861 bits per heavy atom. The van der Waals surface area contributed by atoms with Crippen LogP contribution in [0, 0.1) is 11.8 Å². The molecule has 0 radical (unpaired) electrons. The maximum atomic E-state index is 9.54. The second kappa shape index (κ2) is 20.9. The van der Waals surface area contributed by atoms with Crippen molar-refractivity contribution in [3.05, 3.63) is 0 Å². The molecule has 0 saturated carbocycles. The maximum Gasteiger partial charge on any atom is 0.219 e. The van der Waals surface area contributed by atoms with E-state index >= 15 is 0 Å². The van der Waals surface area contributed by atoms with Gasteiger partial charge in [-0.2, -0.15) is 0 Å². The van der Waals surface area contributed by atoms with E-state index in [0.29, 0.717) is 24.9 Å². The van der Waals surface area contributed by atoms with Gasteiger partial charge in [0.25, 0.3) is 0 Å². The van der Waals surface area contributed by atoms with Crippen molar-refractivity contribution in [3.8, 4) is 0 Å². The fourth-order valence-electron chi connectivity index (χ4n) is 4.50. The molecule has 0 saturated heterocycles.